The second kappa shape index (κ2) is 8.66. The molecule has 3 heterocycles. The van der Waals surface area contributed by atoms with Crippen molar-refractivity contribution in [1.29, 1.82) is 0 Å². The molecular weight excluding hydrogens is 336 g/mol. The second-order valence-corrected chi connectivity index (χ2v) is 6.97. The normalized spacial score (nSPS) is 14.2. The molecule has 7 nitrogen and oxygen atoms in total. The quantitative estimate of drug-likeness (QED) is 0.690. The van der Waals surface area contributed by atoms with Gasteiger partial charge in [-0.15, -0.1) is 11.3 Å². The highest BCUT2D eigenvalue weighted by Gasteiger charge is 2.13. The lowest BCUT2D eigenvalue weighted by molar-refractivity contribution is 0.252. The molecule has 1 fully saturated rings. The van der Waals surface area contributed by atoms with Crippen LogP contribution in [-0.2, 0) is 0 Å². The zero-order valence-electron chi connectivity index (χ0n) is 14.4. The molecule has 0 bridgehead atoms. The first kappa shape index (κ1) is 17.5. The van der Waals surface area contributed by atoms with E-state index in [2.05, 4.69) is 30.8 Å². The molecule has 1 saturated heterocycles. The van der Waals surface area contributed by atoms with Crippen LogP contribution in [0, 0.1) is 6.92 Å². The summed E-state index contributed by atoms with van der Waals surface area (Å²) in [6.45, 7) is 5.15. The minimum atomic E-state index is -0.205. The van der Waals surface area contributed by atoms with Gasteiger partial charge in [-0.2, -0.15) is 4.98 Å². The van der Waals surface area contributed by atoms with Crippen LogP contribution in [0.3, 0.4) is 0 Å². The van der Waals surface area contributed by atoms with Gasteiger partial charge in [0.1, 0.15) is 5.82 Å². The number of carbonyl (C=O) groups is 1. The summed E-state index contributed by atoms with van der Waals surface area (Å²) in [5.74, 6) is 1.60. The Labute approximate surface area is 151 Å². The molecule has 3 N–H and O–H groups in total. The van der Waals surface area contributed by atoms with E-state index in [0.29, 0.717) is 19.0 Å². The fraction of sp³-hybridized carbons (Fsp3) is 0.471. The average Bonchev–Trinajstić information content (AvgIpc) is 3.12. The van der Waals surface area contributed by atoms with Crippen molar-refractivity contribution in [3.8, 4) is 0 Å². The third-order valence-electron chi connectivity index (χ3n) is 3.97. The lowest BCUT2D eigenvalue weighted by atomic mass is 10.1. The van der Waals surface area contributed by atoms with Gasteiger partial charge in [0.05, 0.1) is 5.00 Å². The Morgan fingerprint density at radius 1 is 1.24 bits per heavy atom. The number of aryl methyl sites for hydroxylation is 1. The summed E-state index contributed by atoms with van der Waals surface area (Å²) in [5.41, 5.74) is 0.946. The van der Waals surface area contributed by atoms with E-state index < -0.39 is 0 Å². The van der Waals surface area contributed by atoms with E-state index in [0.717, 1.165) is 29.6 Å². The molecule has 8 heteroatoms. The number of nitrogens with one attached hydrogen (secondary N) is 3. The number of carbonyl (C=O) groups excluding carboxylic acids is 1. The Kier molecular flexibility index (Phi) is 6.05. The first-order chi connectivity index (χ1) is 12.2. The van der Waals surface area contributed by atoms with Gasteiger partial charge in [-0.1, -0.05) is 0 Å². The van der Waals surface area contributed by atoms with Crippen LogP contribution in [0.2, 0.25) is 0 Å². The van der Waals surface area contributed by atoms with Crippen molar-refractivity contribution in [2.24, 2.45) is 0 Å². The van der Waals surface area contributed by atoms with Gasteiger partial charge in [0.15, 0.2) is 0 Å². The van der Waals surface area contributed by atoms with Crippen LogP contribution in [0.25, 0.3) is 0 Å². The van der Waals surface area contributed by atoms with Crippen molar-refractivity contribution >= 4 is 34.1 Å². The van der Waals surface area contributed by atoms with Gasteiger partial charge in [0, 0.05) is 37.9 Å². The molecule has 2 amide bonds. The number of piperidine rings is 1. The number of urea groups is 1. The van der Waals surface area contributed by atoms with E-state index in [4.69, 9.17) is 0 Å². The summed E-state index contributed by atoms with van der Waals surface area (Å²) in [6, 6.07) is 5.59. The second-order valence-electron chi connectivity index (χ2n) is 6.02. The third kappa shape index (κ3) is 5.32. The molecule has 0 aromatic carbocycles. The minimum absolute atomic E-state index is 0.205. The van der Waals surface area contributed by atoms with Crippen molar-refractivity contribution in [2.45, 2.75) is 26.2 Å². The number of thiophene rings is 1. The Bertz CT molecular complexity index is 684. The Hall–Kier alpha value is -2.35. The number of aromatic nitrogens is 2. The molecule has 0 saturated carbocycles. The SMILES string of the molecule is Cc1cc(N2CCCCC2)nc(NCCNC(=O)Nc2cccs2)n1. The molecule has 2 aromatic heterocycles. The number of nitrogens with zero attached hydrogens (tertiary/aromatic N) is 3. The highest BCUT2D eigenvalue weighted by molar-refractivity contribution is 7.14. The van der Waals surface area contributed by atoms with Crippen molar-refractivity contribution in [3.05, 3.63) is 29.3 Å². The molecule has 0 spiro atoms. The van der Waals surface area contributed by atoms with Gasteiger partial charge in [-0.05, 0) is 43.7 Å². The minimum Gasteiger partial charge on any atom is -0.356 e. The summed E-state index contributed by atoms with van der Waals surface area (Å²) in [6.07, 6.45) is 3.73. The lowest BCUT2D eigenvalue weighted by Crippen LogP contribution is -2.33. The maximum Gasteiger partial charge on any atom is 0.319 e. The zero-order chi connectivity index (χ0) is 17.5. The molecule has 1 aliphatic rings. The number of anilines is 3. The fourth-order valence-corrected chi connectivity index (χ4v) is 3.38. The van der Waals surface area contributed by atoms with Gasteiger partial charge in [0.2, 0.25) is 5.95 Å². The van der Waals surface area contributed by atoms with Gasteiger partial charge in [-0.3, -0.25) is 5.32 Å². The summed E-state index contributed by atoms with van der Waals surface area (Å²) in [4.78, 5) is 23.1. The predicted molar refractivity (Wildman–Crippen MR) is 103 cm³/mol. The third-order valence-corrected chi connectivity index (χ3v) is 4.76. The van der Waals surface area contributed by atoms with E-state index in [1.165, 1.54) is 30.6 Å². The summed E-state index contributed by atoms with van der Waals surface area (Å²) in [5, 5.41) is 11.5. The summed E-state index contributed by atoms with van der Waals surface area (Å²) >= 11 is 1.49. The standard InChI is InChI=1S/C17H24N6OS/c1-13-12-14(23-9-3-2-4-10-23)21-16(20-13)18-7-8-19-17(24)22-15-6-5-11-25-15/h5-6,11-12H,2-4,7-10H2,1H3,(H,18,20,21)(H2,19,22,24). The molecule has 0 unspecified atom stereocenters. The predicted octanol–water partition coefficient (Wildman–Crippen LogP) is 3.07. The average molecular weight is 360 g/mol. The van der Waals surface area contributed by atoms with Crippen LogP contribution in [0.15, 0.2) is 23.6 Å². The van der Waals surface area contributed by atoms with E-state index in [1.54, 1.807) is 0 Å². The molecule has 1 aliphatic heterocycles. The maximum atomic E-state index is 11.8. The largest absolute Gasteiger partial charge is 0.356 e. The Morgan fingerprint density at radius 3 is 2.84 bits per heavy atom. The first-order valence-corrected chi connectivity index (χ1v) is 9.51. The number of amides is 2. The highest BCUT2D eigenvalue weighted by Crippen LogP contribution is 2.19. The topological polar surface area (TPSA) is 82.2 Å². The van der Waals surface area contributed by atoms with Crippen LogP contribution in [0.1, 0.15) is 25.0 Å². The molecule has 3 rings (SSSR count). The van der Waals surface area contributed by atoms with E-state index >= 15 is 0 Å². The zero-order valence-corrected chi connectivity index (χ0v) is 15.2. The number of hydrogen-bond donors (Lipinski definition) is 3. The monoisotopic (exact) mass is 360 g/mol. The van der Waals surface area contributed by atoms with E-state index in [9.17, 15) is 4.79 Å². The fourth-order valence-electron chi connectivity index (χ4n) is 2.77. The van der Waals surface area contributed by atoms with Gasteiger partial charge in [0.25, 0.3) is 0 Å². The molecule has 0 atom stereocenters. The van der Waals surface area contributed by atoms with Crippen LogP contribution < -0.4 is 20.9 Å². The number of rotatable bonds is 6. The first-order valence-electron chi connectivity index (χ1n) is 8.63. The molecule has 0 aliphatic carbocycles. The van der Waals surface area contributed by atoms with E-state index in [-0.39, 0.29) is 6.03 Å². The Balaban J connectivity index is 1.46. The van der Waals surface area contributed by atoms with Crippen LogP contribution >= 0.6 is 11.3 Å². The molecule has 134 valence electrons. The van der Waals surface area contributed by atoms with Crippen LogP contribution in [-0.4, -0.2) is 42.2 Å². The lowest BCUT2D eigenvalue weighted by Gasteiger charge is -2.28. The summed E-state index contributed by atoms with van der Waals surface area (Å²) in [7, 11) is 0. The van der Waals surface area contributed by atoms with Crippen molar-refractivity contribution < 1.29 is 4.79 Å². The van der Waals surface area contributed by atoms with Crippen LogP contribution in [0.5, 0.6) is 0 Å². The highest BCUT2D eigenvalue weighted by atomic mass is 32.1. The van der Waals surface area contributed by atoms with Crippen molar-refractivity contribution in [3.63, 3.8) is 0 Å². The molecule has 2 aromatic rings. The summed E-state index contributed by atoms with van der Waals surface area (Å²) < 4.78 is 0. The van der Waals surface area contributed by atoms with Crippen LogP contribution in [0.4, 0.5) is 21.6 Å². The molecule has 25 heavy (non-hydrogen) atoms. The maximum absolute atomic E-state index is 11.8. The Morgan fingerprint density at radius 2 is 2.08 bits per heavy atom. The smallest absolute Gasteiger partial charge is 0.319 e. The molecule has 0 radical (unpaired) electrons. The number of hydrogen-bond acceptors (Lipinski definition) is 6. The molecular formula is C17H24N6OS. The van der Waals surface area contributed by atoms with Crippen molar-refractivity contribution in [2.75, 3.05) is 41.7 Å². The van der Waals surface area contributed by atoms with E-state index in [1.807, 2.05) is 30.5 Å². The van der Waals surface area contributed by atoms with Gasteiger partial charge < -0.3 is 15.5 Å². The van der Waals surface area contributed by atoms with Gasteiger partial charge >= 0.3 is 6.03 Å². The van der Waals surface area contributed by atoms with Gasteiger partial charge in [-0.25, -0.2) is 9.78 Å². The van der Waals surface area contributed by atoms with Crippen molar-refractivity contribution in [1.82, 2.24) is 15.3 Å².